The number of halogens is 1. The zero-order valence-electron chi connectivity index (χ0n) is 16.4. The van der Waals surface area contributed by atoms with Crippen LogP contribution >= 0.6 is 12.4 Å². The lowest BCUT2D eigenvalue weighted by atomic mass is 9.90. The fraction of sp³-hybridized carbons (Fsp3) is 0.450. The van der Waals surface area contributed by atoms with Crippen LogP contribution in [0.25, 0.3) is 0 Å². The molecule has 3 amide bonds. The highest BCUT2D eigenvalue weighted by Crippen LogP contribution is 2.30. The van der Waals surface area contributed by atoms with Crippen LogP contribution in [0.1, 0.15) is 24.3 Å². The number of nitrogens with zero attached hydrogens (tertiary/aromatic N) is 3. The van der Waals surface area contributed by atoms with Crippen LogP contribution in [0.3, 0.4) is 0 Å². The first-order chi connectivity index (χ1) is 13.6. The van der Waals surface area contributed by atoms with Crippen LogP contribution in [0.5, 0.6) is 0 Å². The summed E-state index contributed by atoms with van der Waals surface area (Å²) in [5, 5.41) is 13.5. The second-order valence-corrected chi connectivity index (χ2v) is 7.48. The number of likely N-dealkylation sites (tertiary alicyclic amines) is 1. The number of carbonyl (C=O) groups excluding carboxylic acids is 2. The van der Waals surface area contributed by atoms with Gasteiger partial charge >= 0.3 is 6.03 Å². The van der Waals surface area contributed by atoms with Gasteiger partial charge in [0.2, 0.25) is 5.91 Å². The van der Waals surface area contributed by atoms with Gasteiger partial charge < -0.3 is 20.9 Å². The van der Waals surface area contributed by atoms with E-state index in [0.717, 1.165) is 38.0 Å². The number of nitrogens with one attached hydrogen (secondary N) is 3. The van der Waals surface area contributed by atoms with Gasteiger partial charge in [-0.3, -0.25) is 9.48 Å². The lowest BCUT2D eigenvalue weighted by Crippen LogP contribution is -2.33. The molecule has 4 rings (SSSR count). The molecule has 0 saturated carbocycles. The number of aromatic nitrogens is 2. The van der Waals surface area contributed by atoms with Crippen LogP contribution in [0.4, 0.5) is 16.2 Å². The van der Waals surface area contributed by atoms with Gasteiger partial charge in [-0.1, -0.05) is 12.1 Å². The topological polar surface area (TPSA) is 91.3 Å². The standard InChI is InChI=1S/C20H26N6O2.ClH/c1-25-13-14(10-22-25)15-11-21-12-16(15)19(27)23-17-6-2-3-7-18(17)24-20(28)26-8-4-5-9-26;/h2-3,6-7,10,13,15-16,21H,4-5,8-9,11-12H2,1H3,(H,23,27)(H,24,28);1H/t15-,16+;/m1./s1. The molecule has 2 aromatic rings. The maximum atomic E-state index is 13.0. The zero-order chi connectivity index (χ0) is 19.5. The zero-order valence-corrected chi connectivity index (χ0v) is 17.2. The van der Waals surface area contributed by atoms with Crippen LogP contribution < -0.4 is 16.0 Å². The minimum Gasteiger partial charge on any atom is -0.325 e. The van der Waals surface area contributed by atoms with E-state index in [1.165, 1.54) is 0 Å². The third-order valence-electron chi connectivity index (χ3n) is 5.52. The molecule has 1 aromatic carbocycles. The van der Waals surface area contributed by atoms with Crippen LogP contribution in [-0.2, 0) is 11.8 Å². The molecule has 3 N–H and O–H groups in total. The van der Waals surface area contributed by atoms with E-state index < -0.39 is 0 Å². The molecule has 8 nitrogen and oxygen atoms in total. The summed E-state index contributed by atoms with van der Waals surface area (Å²) in [7, 11) is 1.88. The predicted octanol–water partition coefficient (Wildman–Crippen LogP) is 2.41. The molecule has 2 aliphatic rings. The van der Waals surface area contributed by atoms with E-state index in [0.29, 0.717) is 17.9 Å². The fourth-order valence-electron chi connectivity index (χ4n) is 3.98. The molecular weight excluding hydrogens is 392 g/mol. The van der Waals surface area contributed by atoms with Crippen molar-refractivity contribution in [2.45, 2.75) is 18.8 Å². The minimum atomic E-state index is -0.188. The van der Waals surface area contributed by atoms with Crippen LogP contribution in [-0.4, -0.2) is 52.8 Å². The highest BCUT2D eigenvalue weighted by Gasteiger charge is 2.35. The lowest BCUT2D eigenvalue weighted by molar-refractivity contribution is -0.119. The molecule has 0 bridgehead atoms. The number of aryl methyl sites for hydroxylation is 1. The molecule has 1 aromatic heterocycles. The Morgan fingerprint density at radius 1 is 1.10 bits per heavy atom. The highest BCUT2D eigenvalue weighted by atomic mass is 35.5. The quantitative estimate of drug-likeness (QED) is 0.711. The van der Waals surface area contributed by atoms with Crippen molar-refractivity contribution in [3.8, 4) is 0 Å². The predicted molar refractivity (Wildman–Crippen MR) is 114 cm³/mol. The monoisotopic (exact) mass is 418 g/mol. The molecule has 3 heterocycles. The average Bonchev–Trinajstić information content (AvgIpc) is 3.44. The number of para-hydroxylation sites is 2. The Bertz CT molecular complexity index is 864. The van der Waals surface area contributed by atoms with Crippen molar-refractivity contribution >= 4 is 35.7 Å². The van der Waals surface area contributed by atoms with Crippen molar-refractivity contribution in [2.24, 2.45) is 13.0 Å². The van der Waals surface area contributed by atoms with Crippen LogP contribution in [0.2, 0.25) is 0 Å². The second-order valence-electron chi connectivity index (χ2n) is 7.48. The van der Waals surface area contributed by atoms with Crippen molar-refractivity contribution in [1.29, 1.82) is 0 Å². The molecule has 2 fully saturated rings. The maximum Gasteiger partial charge on any atom is 0.321 e. The van der Waals surface area contributed by atoms with Gasteiger partial charge in [-0.25, -0.2) is 4.79 Å². The molecule has 0 aliphatic carbocycles. The number of amides is 3. The van der Waals surface area contributed by atoms with E-state index in [9.17, 15) is 9.59 Å². The Morgan fingerprint density at radius 3 is 2.45 bits per heavy atom. The summed E-state index contributed by atoms with van der Waals surface area (Å²) < 4.78 is 1.76. The molecule has 2 aliphatic heterocycles. The number of anilines is 2. The Kier molecular flexibility index (Phi) is 6.76. The number of hydrogen-bond acceptors (Lipinski definition) is 4. The molecule has 156 valence electrons. The van der Waals surface area contributed by atoms with Crippen molar-refractivity contribution < 1.29 is 9.59 Å². The molecule has 0 radical (unpaired) electrons. The van der Waals surface area contributed by atoms with E-state index >= 15 is 0 Å². The van der Waals surface area contributed by atoms with Gasteiger partial charge in [-0.15, -0.1) is 12.4 Å². The lowest BCUT2D eigenvalue weighted by Gasteiger charge is -2.20. The van der Waals surface area contributed by atoms with E-state index in [2.05, 4.69) is 21.0 Å². The molecule has 29 heavy (non-hydrogen) atoms. The molecule has 9 heteroatoms. The van der Waals surface area contributed by atoms with Gasteiger partial charge in [0.05, 0.1) is 23.5 Å². The summed E-state index contributed by atoms with van der Waals surface area (Å²) in [6.07, 6.45) is 5.86. The second kappa shape index (κ2) is 9.28. The van der Waals surface area contributed by atoms with Gasteiger partial charge in [0.1, 0.15) is 0 Å². The highest BCUT2D eigenvalue weighted by molar-refractivity contribution is 6.00. The first-order valence-corrected chi connectivity index (χ1v) is 9.77. The minimum absolute atomic E-state index is 0. The smallest absolute Gasteiger partial charge is 0.321 e. The van der Waals surface area contributed by atoms with Gasteiger partial charge in [0.15, 0.2) is 0 Å². The first kappa shape index (κ1) is 21.1. The summed E-state index contributed by atoms with van der Waals surface area (Å²) in [5.41, 5.74) is 2.30. The molecule has 2 atom stereocenters. The summed E-state index contributed by atoms with van der Waals surface area (Å²) >= 11 is 0. The largest absolute Gasteiger partial charge is 0.325 e. The molecule has 2 saturated heterocycles. The van der Waals surface area contributed by atoms with Gasteiger partial charge in [-0.05, 0) is 30.5 Å². The summed E-state index contributed by atoms with van der Waals surface area (Å²) in [6, 6.07) is 7.22. The Labute approximate surface area is 176 Å². The molecule has 0 unspecified atom stereocenters. The molecular formula is C20H27ClN6O2. The fourth-order valence-corrected chi connectivity index (χ4v) is 3.98. The van der Waals surface area contributed by atoms with Crippen molar-refractivity contribution in [3.63, 3.8) is 0 Å². The SMILES string of the molecule is Cl.Cn1cc([C@H]2CNC[C@@H]2C(=O)Nc2ccccc2NC(=O)N2CCCC2)cn1. The number of hydrogen-bond donors (Lipinski definition) is 3. The van der Waals surface area contributed by atoms with Crippen LogP contribution in [0, 0.1) is 5.92 Å². The molecule has 0 spiro atoms. The van der Waals surface area contributed by atoms with Gasteiger partial charge in [0, 0.05) is 45.3 Å². The maximum absolute atomic E-state index is 13.0. The summed E-state index contributed by atoms with van der Waals surface area (Å²) in [4.78, 5) is 27.2. The number of rotatable bonds is 4. The third-order valence-corrected chi connectivity index (χ3v) is 5.52. The first-order valence-electron chi connectivity index (χ1n) is 9.77. The van der Waals surface area contributed by atoms with E-state index in [4.69, 9.17) is 0 Å². The number of benzene rings is 1. The van der Waals surface area contributed by atoms with E-state index in [-0.39, 0.29) is 36.2 Å². The van der Waals surface area contributed by atoms with Crippen molar-refractivity contribution in [1.82, 2.24) is 20.0 Å². The normalized spacial score (nSPS) is 20.9. The summed E-state index contributed by atoms with van der Waals surface area (Å²) in [5.74, 6) is -0.159. The Morgan fingerprint density at radius 2 is 1.79 bits per heavy atom. The third kappa shape index (κ3) is 4.71. The van der Waals surface area contributed by atoms with E-state index in [1.807, 2.05) is 43.7 Å². The Balaban J connectivity index is 0.00000240. The van der Waals surface area contributed by atoms with Gasteiger partial charge in [0.25, 0.3) is 0 Å². The van der Waals surface area contributed by atoms with Crippen LogP contribution in [0.15, 0.2) is 36.7 Å². The van der Waals surface area contributed by atoms with E-state index in [1.54, 1.807) is 9.58 Å². The van der Waals surface area contributed by atoms with Crippen molar-refractivity contribution in [3.05, 3.63) is 42.2 Å². The van der Waals surface area contributed by atoms with Crippen molar-refractivity contribution in [2.75, 3.05) is 36.8 Å². The Hall–Kier alpha value is -2.58. The summed E-state index contributed by atoms with van der Waals surface area (Å²) in [6.45, 7) is 2.92. The number of urea groups is 1. The number of carbonyl (C=O) groups is 2. The van der Waals surface area contributed by atoms with Gasteiger partial charge in [-0.2, -0.15) is 5.10 Å². The average molecular weight is 419 g/mol.